The van der Waals surface area contributed by atoms with Crippen LogP contribution in [0.25, 0.3) is 16.6 Å². The van der Waals surface area contributed by atoms with Gasteiger partial charge in [0.1, 0.15) is 5.69 Å². The van der Waals surface area contributed by atoms with E-state index in [0.717, 1.165) is 22.9 Å². The lowest BCUT2D eigenvalue weighted by Crippen LogP contribution is -2.40. The predicted molar refractivity (Wildman–Crippen MR) is 148 cm³/mol. The lowest BCUT2D eigenvalue weighted by molar-refractivity contribution is -0.121. The Kier molecular flexibility index (Phi) is 7.91. The van der Waals surface area contributed by atoms with Gasteiger partial charge >= 0.3 is 0 Å². The summed E-state index contributed by atoms with van der Waals surface area (Å²) < 4.78 is 29.7. The molecule has 1 aliphatic carbocycles. The summed E-state index contributed by atoms with van der Waals surface area (Å²) in [6.07, 6.45) is 3.46. The molecule has 1 aliphatic rings. The second-order valence-electron chi connectivity index (χ2n) is 9.29. The van der Waals surface area contributed by atoms with Crippen molar-refractivity contribution in [1.82, 2.24) is 20.4 Å². The van der Waals surface area contributed by atoms with E-state index in [4.69, 9.17) is 10.8 Å². The summed E-state index contributed by atoms with van der Waals surface area (Å²) in [6.45, 7) is 2.07. The molecule has 0 spiro atoms. The standard InChI is InChI=1S/C25H31BrN6O4S/c1-15(27)24(33)29-11-4-12-31(37(3,35)36)22-14-21-20(13-19(22)16-5-6-16)23(25(34)28-2)32(30-21)18-9-7-17(26)8-10-18/h7-10,13-16H,4-6,11-12,27H2,1-3H3,(H,28,34)(H,29,33). The van der Waals surface area contributed by atoms with E-state index in [-0.39, 0.29) is 24.3 Å². The fourth-order valence-corrected chi connectivity index (χ4v) is 5.48. The summed E-state index contributed by atoms with van der Waals surface area (Å²) in [5.74, 6) is -0.369. The van der Waals surface area contributed by atoms with Crippen molar-refractivity contribution in [3.63, 3.8) is 0 Å². The van der Waals surface area contributed by atoms with Crippen molar-refractivity contribution in [1.29, 1.82) is 0 Å². The summed E-state index contributed by atoms with van der Waals surface area (Å²) in [4.78, 5) is 24.8. The number of anilines is 1. The molecule has 0 bridgehead atoms. The summed E-state index contributed by atoms with van der Waals surface area (Å²) in [7, 11) is -2.07. The summed E-state index contributed by atoms with van der Waals surface area (Å²) in [6, 6.07) is 10.5. The first-order valence-corrected chi connectivity index (χ1v) is 14.7. The number of hydrogen-bond acceptors (Lipinski definition) is 6. The van der Waals surface area contributed by atoms with Crippen LogP contribution in [-0.4, -0.2) is 62.4 Å². The minimum absolute atomic E-state index is 0.180. The molecule has 0 saturated heterocycles. The second-order valence-corrected chi connectivity index (χ2v) is 12.1. The third-order valence-electron chi connectivity index (χ3n) is 6.27. The quantitative estimate of drug-likeness (QED) is 0.310. The van der Waals surface area contributed by atoms with Crippen LogP contribution in [0.15, 0.2) is 40.9 Å². The van der Waals surface area contributed by atoms with Crippen LogP contribution in [0, 0.1) is 0 Å². The van der Waals surface area contributed by atoms with E-state index < -0.39 is 16.1 Å². The molecule has 198 valence electrons. The van der Waals surface area contributed by atoms with Crippen LogP contribution >= 0.6 is 15.9 Å². The molecule has 1 saturated carbocycles. The molecule has 2 aromatic carbocycles. The van der Waals surface area contributed by atoms with Gasteiger partial charge in [-0.25, -0.2) is 13.1 Å². The van der Waals surface area contributed by atoms with Crippen LogP contribution in [0.5, 0.6) is 0 Å². The van der Waals surface area contributed by atoms with Gasteiger partial charge in [-0.3, -0.25) is 13.9 Å². The monoisotopic (exact) mass is 590 g/mol. The van der Waals surface area contributed by atoms with Crippen molar-refractivity contribution < 1.29 is 18.0 Å². The van der Waals surface area contributed by atoms with Crippen LogP contribution in [0.2, 0.25) is 0 Å². The lowest BCUT2D eigenvalue weighted by atomic mass is 10.0. The Morgan fingerprint density at radius 2 is 1.92 bits per heavy atom. The smallest absolute Gasteiger partial charge is 0.270 e. The second kappa shape index (κ2) is 10.8. The van der Waals surface area contributed by atoms with E-state index in [0.29, 0.717) is 40.9 Å². The molecular weight excluding hydrogens is 560 g/mol. The normalized spacial score (nSPS) is 14.4. The van der Waals surface area contributed by atoms with Crippen LogP contribution in [0.1, 0.15) is 48.2 Å². The van der Waals surface area contributed by atoms with E-state index >= 15 is 0 Å². The zero-order valence-electron chi connectivity index (χ0n) is 21.0. The highest BCUT2D eigenvalue weighted by molar-refractivity contribution is 9.10. The van der Waals surface area contributed by atoms with Crippen molar-refractivity contribution in [3.8, 4) is 5.69 Å². The van der Waals surface area contributed by atoms with Gasteiger partial charge in [0.25, 0.3) is 5.91 Å². The van der Waals surface area contributed by atoms with Crippen molar-refractivity contribution in [2.45, 2.75) is 38.1 Å². The molecule has 1 unspecified atom stereocenters. The lowest BCUT2D eigenvalue weighted by Gasteiger charge is -2.25. The highest BCUT2D eigenvalue weighted by Crippen LogP contribution is 2.46. The first-order valence-electron chi connectivity index (χ1n) is 12.1. The van der Waals surface area contributed by atoms with Gasteiger partial charge in [0.2, 0.25) is 15.9 Å². The molecule has 4 rings (SSSR count). The van der Waals surface area contributed by atoms with Gasteiger partial charge in [0, 0.05) is 30.0 Å². The summed E-state index contributed by atoms with van der Waals surface area (Å²) in [5, 5.41) is 10.8. The molecule has 0 aliphatic heterocycles. The number of aromatic nitrogens is 2. The number of carbonyl (C=O) groups excluding carboxylic acids is 2. The third kappa shape index (κ3) is 5.97. The zero-order valence-corrected chi connectivity index (χ0v) is 23.4. The summed E-state index contributed by atoms with van der Waals surface area (Å²) >= 11 is 3.43. The number of nitrogens with zero attached hydrogens (tertiary/aromatic N) is 3. The van der Waals surface area contributed by atoms with Gasteiger partial charge < -0.3 is 16.4 Å². The number of benzene rings is 2. The maximum absolute atomic E-state index is 13.0. The molecule has 3 aromatic rings. The first kappa shape index (κ1) is 27.1. The van der Waals surface area contributed by atoms with Crippen molar-refractivity contribution in [2.24, 2.45) is 5.73 Å². The average Bonchev–Trinajstić information content (AvgIpc) is 3.62. The van der Waals surface area contributed by atoms with Gasteiger partial charge in [-0.15, -0.1) is 0 Å². The highest BCUT2D eigenvalue weighted by Gasteiger charge is 2.32. The topological polar surface area (TPSA) is 139 Å². The maximum atomic E-state index is 13.0. The van der Waals surface area contributed by atoms with Crippen LogP contribution < -0.4 is 20.7 Å². The van der Waals surface area contributed by atoms with E-state index in [1.165, 1.54) is 10.6 Å². The van der Waals surface area contributed by atoms with E-state index in [1.807, 2.05) is 30.3 Å². The van der Waals surface area contributed by atoms with Crippen molar-refractivity contribution >= 4 is 54.4 Å². The third-order valence-corrected chi connectivity index (χ3v) is 7.98. The first-order chi connectivity index (χ1) is 17.5. The van der Waals surface area contributed by atoms with Crippen molar-refractivity contribution in [3.05, 3.63) is 52.1 Å². The SMILES string of the molecule is CNC(=O)c1c2cc(C3CC3)c(N(CCCNC(=O)C(C)N)S(C)(=O)=O)cc2nn1-c1ccc(Br)cc1. The molecule has 1 fully saturated rings. The van der Waals surface area contributed by atoms with Gasteiger partial charge in [0.05, 0.1) is 29.2 Å². The summed E-state index contributed by atoms with van der Waals surface area (Å²) in [5.41, 5.74) is 8.62. The van der Waals surface area contributed by atoms with E-state index in [9.17, 15) is 18.0 Å². The fraction of sp³-hybridized carbons (Fsp3) is 0.400. The number of rotatable bonds is 10. The Hall–Kier alpha value is -2.96. The average molecular weight is 592 g/mol. The largest absolute Gasteiger partial charge is 0.355 e. The number of hydrogen-bond donors (Lipinski definition) is 3. The number of fused-ring (bicyclic) bond motifs is 1. The van der Waals surface area contributed by atoms with Gasteiger partial charge in [-0.05, 0) is 74.1 Å². The van der Waals surface area contributed by atoms with Gasteiger partial charge in [-0.2, -0.15) is 5.10 Å². The van der Waals surface area contributed by atoms with E-state index in [2.05, 4.69) is 26.6 Å². The van der Waals surface area contributed by atoms with E-state index in [1.54, 1.807) is 24.7 Å². The molecule has 1 heterocycles. The fourth-order valence-electron chi connectivity index (χ4n) is 4.24. The number of halogens is 1. The molecule has 2 amide bonds. The molecule has 1 aromatic heterocycles. The molecule has 37 heavy (non-hydrogen) atoms. The highest BCUT2D eigenvalue weighted by atomic mass is 79.9. The number of nitrogens with one attached hydrogen (secondary N) is 2. The maximum Gasteiger partial charge on any atom is 0.270 e. The van der Waals surface area contributed by atoms with Crippen molar-refractivity contribution in [2.75, 3.05) is 30.7 Å². The van der Waals surface area contributed by atoms with Gasteiger partial charge in [-0.1, -0.05) is 15.9 Å². The van der Waals surface area contributed by atoms with Crippen LogP contribution in [0.4, 0.5) is 5.69 Å². The zero-order chi connectivity index (χ0) is 26.9. The molecule has 10 nitrogen and oxygen atoms in total. The molecule has 0 radical (unpaired) electrons. The molecule has 12 heteroatoms. The Morgan fingerprint density at radius 1 is 1.24 bits per heavy atom. The number of nitrogens with two attached hydrogens (primary N) is 1. The van der Waals surface area contributed by atoms with Gasteiger partial charge in [0.15, 0.2) is 0 Å². The number of amides is 2. The van der Waals surface area contributed by atoms with Crippen LogP contribution in [0.3, 0.4) is 0 Å². The Morgan fingerprint density at radius 3 is 2.49 bits per heavy atom. The minimum Gasteiger partial charge on any atom is -0.355 e. The number of carbonyl (C=O) groups is 2. The Labute approximate surface area is 224 Å². The molecule has 1 atom stereocenters. The Bertz CT molecular complexity index is 1430. The molecule has 4 N–H and O–H groups in total. The predicted octanol–water partition coefficient (Wildman–Crippen LogP) is 2.64. The number of sulfonamides is 1. The molecular formula is C25H31BrN6O4S. The Balaban J connectivity index is 1.80. The van der Waals surface area contributed by atoms with Crippen LogP contribution in [-0.2, 0) is 14.8 Å². The minimum atomic E-state index is -3.64.